The van der Waals surface area contributed by atoms with Crippen LogP contribution in [0.4, 0.5) is 0 Å². The Kier molecular flexibility index (Phi) is 24.3. The van der Waals surface area contributed by atoms with Crippen LogP contribution in [0, 0.1) is 5.92 Å². The molecule has 0 aromatic rings. The Hall–Kier alpha value is -0.444. The van der Waals surface area contributed by atoms with Gasteiger partial charge in [0.25, 0.3) is 0 Å². The van der Waals surface area contributed by atoms with Gasteiger partial charge in [-0.05, 0) is 20.8 Å². The van der Waals surface area contributed by atoms with Crippen molar-refractivity contribution < 1.29 is 104 Å². The Labute approximate surface area is 225 Å². The molecule has 0 amide bonds. The number of aliphatic hydroxyl groups is 1. The normalized spacial score (nSPS) is 19.1. The number of ether oxygens (including phenoxy) is 5. The van der Waals surface area contributed by atoms with Crippen LogP contribution >= 0.6 is 0 Å². The Bertz CT molecular complexity index is 503. The minimum absolute atomic E-state index is 0. The van der Waals surface area contributed by atoms with Gasteiger partial charge < -0.3 is 33.9 Å². The van der Waals surface area contributed by atoms with Gasteiger partial charge in [-0.15, -0.1) is 6.61 Å². The average Bonchev–Trinajstić information content (AvgIpc) is 2.68. The van der Waals surface area contributed by atoms with Crippen LogP contribution in [0.25, 0.3) is 0 Å². The van der Waals surface area contributed by atoms with Crippen molar-refractivity contribution in [2.24, 2.45) is 5.92 Å². The van der Waals surface area contributed by atoms with Crippen LogP contribution in [0.15, 0.2) is 0 Å². The molecule has 12 heteroatoms. The summed E-state index contributed by atoms with van der Waals surface area (Å²) in [5.41, 5.74) is 0. The van der Waals surface area contributed by atoms with E-state index in [1.165, 1.54) is 28.1 Å². The molecule has 0 saturated carbocycles. The minimum atomic E-state index is -1.25. The average molecular weight is 477 g/mol. The van der Waals surface area contributed by atoms with E-state index in [1.54, 1.807) is 13.8 Å². The second kappa shape index (κ2) is 21.4. The molecule has 1 heterocycles. The molecule has 0 spiro atoms. The summed E-state index contributed by atoms with van der Waals surface area (Å²) in [6, 6.07) is 0. The third-order valence-corrected chi connectivity index (χ3v) is 3.44. The third kappa shape index (κ3) is 18.8. The van der Waals surface area contributed by atoms with E-state index in [-0.39, 0.29) is 88.9 Å². The number of ketones is 1. The van der Waals surface area contributed by atoms with Crippen LogP contribution in [0.3, 0.4) is 0 Å². The summed E-state index contributed by atoms with van der Waals surface area (Å²) in [5.74, 6) is -2.00. The third-order valence-electron chi connectivity index (χ3n) is 3.44. The summed E-state index contributed by atoms with van der Waals surface area (Å²) < 4.78 is 23.1. The molecule has 1 N–H and O–H groups in total. The quantitative estimate of drug-likeness (QED) is 0.158. The van der Waals surface area contributed by atoms with Crippen molar-refractivity contribution in [3.63, 3.8) is 0 Å². The van der Waals surface area contributed by atoms with Crippen LogP contribution in [0.1, 0.15) is 34.1 Å². The number of aliphatic hydroxyl groups excluding tert-OH is 1. The van der Waals surface area contributed by atoms with Crippen molar-refractivity contribution >= 4 is 23.7 Å². The Morgan fingerprint density at radius 3 is 2.03 bits per heavy atom. The summed E-state index contributed by atoms with van der Waals surface area (Å²) in [6.45, 7) is 6.52. The second-order valence-electron chi connectivity index (χ2n) is 6.26. The number of carbonyl (C=O) groups is 4. The zero-order valence-electron chi connectivity index (χ0n) is 19.4. The molecular formula is C19H33KO11. The maximum absolute atomic E-state index is 11.1. The van der Waals surface area contributed by atoms with E-state index < -0.39 is 30.3 Å². The van der Waals surface area contributed by atoms with Crippen LogP contribution in [0.2, 0.25) is 0 Å². The van der Waals surface area contributed by atoms with Gasteiger partial charge in [0.05, 0.1) is 12.5 Å². The van der Waals surface area contributed by atoms with E-state index in [0.717, 1.165) is 0 Å². The van der Waals surface area contributed by atoms with E-state index in [0.29, 0.717) is 13.0 Å². The van der Waals surface area contributed by atoms with Gasteiger partial charge in [-0.25, -0.2) is 9.59 Å². The molecule has 1 aliphatic heterocycles. The zero-order chi connectivity index (χ0) is 23.7. The number of Topliss-reactive ketones (excluding diaryl/α,β-unsaturated/α-hetero) is 1. The molecule has 11 nitrogen and oxygen atoms in total. The molecule has 31 heavy (non-hydrogen) atoms. The van der Waals surface area contributed by atoms with E-state index >= 15 is 0 Å². The van der Waals surface area contributed by atoms with Crippen molar-refractivity contribution in [3.8, 4) is 0 Å². The van der Waals surface area contributed by atoms with E-state index in [2.05, 4.69) is 14.2 Å². The summed E-state index contributed by atoms with van der Waals surface area (Å²) in [6.07, 6.45) is -2.47. The van der Waals surface area contributed by atoms with Crippen molar-refractivity contribution in [2.45, 2.75) is 52.4 Å². The molecule has 0 bridgehead atoms. The fraction of sp³-hybridized carbons (Fsp3) is 0.789. The molecular weight excluding hydrogens is 443 g/mol. The standard InChI is InChI=1S/C9H16O6.C7H10O3.C3H7O2.K/c1-6(10)8(11)15-7(2)9(12)14-5-4-13-3;1-4-3-6(8)5(2)10-7(4)9;1-5-3-2-4;/h6-7,10H,4-5H2,1-3H3;4-5H,3H2,1-2H3;2-3H2,1H3;/q;;-1;+1. The number of esters is 3. The Balaban J connectivity index is -0.000000421. The maximum atomic E-state index is 11.1. The first-order valence-corrected chi connectivity index (χ1v) is 9.36. The van der Waals surface area contributed by atoms with E-state index in [1.807, 2.05) is 0 Å². The van der Waals surface area contributed by atoms with Gasteiger partial charge in [-0.3, -0.25) is 9.59 Å². The van der Waals surface area contributed by atoms with Crippen molar-refractivity contribution in [2.75, 3.05) is 40.6 Å². The first kappa shape index (κ1) is 35.2. The van der Waals surface area contributed by atoms with Crippen LogP contribution in [-0.4, -0.2) is 87.8 Å². The maximum Gasteiger partial charge on any atom is 1.00 e. The van der Waals surface area contributed by atoms with E-state index in [4.69, 9.17) is 14.6 Å². The molecule has 1 rings (SSSR count). The first-order valence-electron chi connectivity index (χ1n) is 9.36. The fourth-order valence-electron chi connectivity index (χ4n) is 1.65. The molecule has 0 aromatic carbocycles. The predicted octanol–water partition coefficient (Wildman–Crippen LogP) is -3.99. The molecule has 1 aliphatic rings. The van der Waals surface area contributed by atoms with Gasteiger partial charge >= 0.3 is 69.3 Å². The summed E-state index contributed by atoms with van der Waals surface area (Å²) in [5, 5.41) is 18.2. The molecule has 4 unspecified atom stereocenters. The number of rotatable bonds is 8. The summed E-state index contributed by atoms with van der Waals surface area (Å²) in [7, 11) is 2.99. The topological polar surface area (TPSA) is 158 Å². The number of hydrogen-bond acceptors (Lipinski definition) is 11. The van der Waals surface area contributed by atoms with Gasteiger partial charge in [-0.1, -0.05) is 6.92 Å². The van der Waals surface area contributed by atoms with Gasteiger partial charge in [0.2, 0.25) is 0 Å². The van der Waals surface area contributed by atoms with Crippen LogP contribution in [0.5, 0.6) is 0 Å². The monoisotopic (exact) mass is 476 g/mol. The van der Waals surface area contributed by atoms with Crippen LogP contribution < -0.4 is 56.5 Å². The molecule has 0 aromatic heterocycles. The summed E-state index contributed by atoms with van der Waals surface area (Å²) >= 11 is 0. The number of methoxy groups -OCH3 is 2. The number of cyclic esters (lactones) is 1. The number of hydrogen-bond donors (Lipinski definition) is 1. The molecule has 0 aliphatic carbocycles. The van der Waals surface area contributed by atoms with Gasteiger partial charge in [0.1, 0.15) is 12.7 Å². The zero-order valence-corrected chi connectivity index (χ0v) is 22.5. The summed E-state index contributed by atoms with van der Waals surface area (Å²) in [4.78, 5) is 43.7. The molecule has 1 saturated heterocycles. The molecule has 1 fully saturated rings. The van der Waals surface area contributed by atoms with Crippen LogP contribution in [-0.2, 0) is 42.9 Å². The SMILES string of the molecule is CC1CC(=O)C(C)OC1=O.COCCOC(=O)C(C)OC(=O)C(C)O.COCC[O-].[K+]. The molecule has 4 atom stereocenters. The Morgan fingerprint density at radius 2 is 1.65 bits per heavy atom. The van der Waals surface area contributed by atoms with Gasteiger partial charge in [0.15, 0.2) is 18.0 Å². The Morgan fingerprint density at radius 1 is 1.10 bits per heavy atom. The smallest absolute Gasteiger partial charge is 0.853 e. The van der Waals surface area contributed by atoms with Crippen molar-refractivity contribution in [1.82, 2.24) is 0 Å². The second-order valence-corrected chi connectivity index (χ2v) is 6.26. The minimum Gasteiger partial charge on any atom is -0.853 e. The predicted molar refractivity (Wildman–Crippen MR) is 101 cm³/mol. The van der Waals surface area contributed by atoms with Gasteiger partial charge in [-0.2, -0.15) is 0 Å². The van der Waals surface area contributed by atoms with Gasteiger partial charge in [0, 0.05) is 27.2 Å². The first-order chi connectivity index (χ1) is 14.0. The molecule has 176 valence electrons. The largest absolute Gasteiger partial charge is 1.00 e. The van der Waals surface area contributed by atoms with E-state index in [9.17, 15) is 24.3 Å². The van der Waals surface area contributed by atoms with Crippen molar-refractivity contribution in [1.29, 1.82) is 0 Å². The van der Waals surface area contributed by atoms with Crippen molar-refractivity contribution in [3.05, 3.63) is 0 Å². The number of carbonyl (C=O) groups excluding carboxylic acids is 4. The molecule has 0 radical (unpaired) electrons. The fourth-order valence-corrected chi connectivity index (χ4v) is 1.65.